The lowest BCUT2D eigenvalue weighted by Crippen LogP contribution is -2.35. The van der Waals surface area contributed by atoms with E-state index >= 15 is 0 Å². The zero-order valence-corrected chi connectivity index (χ0v) is 12.3. The average Bonchev–Trinajstić information content (AvgIpc) is 2.99. The highest BCUT2D eigenvalue weighted by molar-refractivity contribution is 5.78. The summed E-state index contributed by atoms with van der Waals surface area (Å²) in [5.41, 5.74) is 0.473. The lowest BCUT2D eigenvalue weighted by atomic mass is 10.2. The first-order chi connectivity index (χ1) is 10.1. The topological polar surface area (TPSA) is 40.6 Å². The minimum absolute atomic E-state index is 0.0762. The second-order valence-corrected chi connectivity index (χ2v) is 5.37. The van der Waals surface area contributed by atoms with E-state index in [-0.39, 0.29) is 24.2 Å². The molecule has 1 aliphatic heterocycles. The van der Waals surface area contributed by atoms with Gasteiger partial charge in [0, 0.05) is 45.1 Å². The van der Waals surface area contributed by atoms with E-state index in [2.05, 4.69) is 0 Å². The largest absolute Gasteiger partial charge is 0.343 e. The van der Waals surface area contributed by atoms with Gasteiger partial charge in [-0.1, -0.05) is 18.2 Å². The first-order valence-electron chi connectivity index (χ1n) is 7.34. The summed E-state index contributed by atoms with van der Waals surface area (Å²) in [6, 6.07) is 6.40. The first-order valence-corrected chi connectivity index (χ1v) is 7.34. The third-order valence-electron chi connectivity index (χ3n) is 3.82. The van der Waals surface area contributed by atoms with Gasteiger partial charge in [-0.3, -0.25) is 9.59 Å². The molecular formula is C16H21FN2O2. The van der Waals surface area contributed by atoms with Crippen molar-refractivity contribution in [1.82, 2.24) is 9.80 Å². The Balaban J connectivity index is 1.92. The van der Waals surface area contributed by atoms with Gasteiger partial charge in [0.1, 0.15) is 5.82 Å². The number of amides is 2. The monoisotopic (exact) mass is 292 g/mol. The third-order valence-corrected chi connectivity index (χ3v) is 3.82. The van der Waals surface area contributed by atoms with Crippen LogP contribution in [0.3, 0.4) is 0 Å². The number of carbonyl (C=O) groups is 2. The Labute approximate surface area is 124 Å². The number of halogens is 1. The maximum Gasteiger partial charge on any atom is 0.224 e. The van der Waals surface area contributed by atoms with E-state index in [0.29, 0.717) is 18.5 Å². The summed E-state index contributed by atoms with van der Waals surface area (Å²) in [5, 5.41) is 0. The molecule has 21 heavy (non-hydrogen) atoms. The molecular weight excluding hydrogens is 271 g/mol. The van der Waals surface area contributed by atoms with Crippen molar-refractivity contribution in [3.8, 4) is 0 Å². The fourth-order valence-corrected chi connectivity index (χ4v) is 2.54. The van der Waals surface area contributed by atoms with Crippen molar-refractivity contribution < 1.29 is 14.0 Å². The maximum absolute atomic E-state index is 13.6. The van der Waals surface area contributed by atoms with E-state index in [0.717, 1.165) is 25.9 Å². The van der Waals surface area contributed by atoms with E-state index in [4.69, 9.17) is 0 Å². The van der Waals surface area contributed by atoms with Crippen molar-refractivity contribution >= 4 is 11.8 Å². The van der Waals surface area contributed by atoms with Crippen molar-refractivity contribution in [2.75, 3.05) is 19.6 Å². The van der Waals surface area contributed by atoms with Gasteiger partial charge in [-0.05, 0) is 18.9 Å². The van der Waals surface area contributed by atoms with Crippen LogP contribution in [0.4, 0.5) is 4.39 Å². The van der Waals surface area contributed by atoms with Crippen LogP contribution in [0, 0.1) is 5.82 Å². The van der Waals surface area contributed by atoms with Gasteiger partial charge in [0.05, 0.1) is 0 Å². The number of rotatable bonds is 5. The number of hydrogen-bond donors (Lipinski definition) is 0. The lowest BCUT2D eigenvalue weighted by molar-refractivity contribution is -0.133. The maximum atomic E-state index is 13.6. The van der Waals surface area contributed by atoms with Crippen LogP contribution in [0.2, 0.25) is 0 Å². The van der Waals surface area contributed by atoms with Crippen molar-refractivity contribution in [1.29, 1.82) is 0 Å². The molecule has 0 radical (unpaired) electrons. The number of benzene rings is 1. The van der Waals surface area contributed by atoms with E-state index in [1.807, 2.05) is 4.90 Å². The predicted molar refractivity (Wildman–Crippen MR) is 77.9 cm³/mol. The number of likely N-dealkylation sites (tertiary alicyclic amines) is 1. The highest BCUT2D eigenvalue weighted by Gasteiger charge is 2.19. The number of nitrogens with zero attached hydrogens (tertiary/aromatic N) is 2. The van der Waals surface area contributed by atoms with E-state index in [1.165, 1.54) is 17.9 Å². The molecule has 114 valence electrons. The summed E-state index contributed by atoms with van der Waals surface area (Å²) in [7, 11) is 0. The van der Waals surface area contributed by atoms with Crippen LogP contribution in [0.25, 0.3) is 0 Å². The van der Waals surface area contributed by atoms with Crippen LogP contribution in [-0.2, 0) is 16.1 Å². The Morgan fingerprint density at radius 3 is 2.52 bits per heavy atom. The second kappa shape index (κ2) is 7.20. The standard InChI is InChI=1S/C16H21FN2O2/c1-13(20)19(12-14-6-2-3-7-15(14)17)11-8-16(21)18-9-4-5-10-18/h2-3,6-7H,4-5,8-12H2,1H3. The lowest BCUT2D eigenvalue weighted by Gasteiger charge is -2.23. The molecule has 2 rings (SSSR count). The molecule has 1 fully saturated rings. The Kier molecular flexibility index (Phi) is 5.31. The van der Waals surface area contributed by atoms with Gasteiger partial charge in [-0.2, -0.15) is 0 Å². The van der Waals surface area contributed by atoms with Crippen LogP contribution in [0.15, 0.2) is 24.3 Å². The van der Waals surface area contributed by atoms with Crippen LogP contribution in [-0.4, -0.2) is 41.2 Å². The molecule has 0 saturated carbocycles. The van der Waals surface area contributed by atoms with Crippen molar-refractivity contribution in [2.24, 2.45) is 0 Å². The highest BCUT2D eigenvalue weighted by atomic mass is 19.1. The number of hydrogen-bond acceptors (Lipinski definition) is 2. The van der Waals surface area contributed by atoms with Gasteiger partial charge >= 0.3 is 0 Å². The smallest absolute Gasteiger partial charge is 0.224 e. The van der Waals surface area contributed by atoms with Crippen molar-refractivity contribution in [3.05, 3.63) is 35.6 Å². The summed E-state index contributed by atoms with van der Waals surface area (Å²) in [5.74, 6) is -0.394. The van der Waals surface area contributed by atoms with E-state index in [1.54, 1.807) is 18.2 Å². The summed E-state index contributed by atoms with van der Waals surface area (Å²) in [6.07, 6.45) is 2.41. The molecule has 2 amide bonds. The van der Waals surface area contributed by atoms with Crippen LogP contribution in [0.5, 0.6) is 0 Å². The van der Waals surface area contributed by atoms with Crippen LogP contribution < -0.4 is 0 Å². The molecule has 4 nitrogen and oxygen atoms in total. The highest BCUT2D eigenvalue weighted by Crippen LogP contribution is 2.12. The predicted octanol–water partition coefficient (Wildman–Crippen LogP) is 2.19. The summed E-state index contributed by atoms with van der Waals surface area (Å²) in [4.78, 5) is 27.0. The van der Waals surface area contributed by atoms with Gasteiger partial charge < -0.3 is 9.80 Å². The molecule has 1 saturated heterocycles. The zero-order chi connectivity index (χ0) is 15.2. The summed E-state index contributed by atoms with van der Waals surface area (Å²) >= 11 is 0. The van der Waals surface area contributed by atoms with Gasteiger partial charge in [0.2, 0.25) is 11.8 Å². The van der Waals surface area contributed by atoms with Crippen molar-refractivity contribution in [3.63, 3.8) is 0 Å². The molecule has 0 aliphatic carbocycles. The molecule has 1 heterocycles. The second-order valence-electron chi connectivity index (χ2n) is 5.37. The minimum atomic E-state index is -0.324. The summed E-state index contributed by atoms with van der Waals surface area (Å²) in [6.45, 7) is 3.61. The summed E-state index contributed by atoms with van der Waals surface area (Å²) < 4.78 is 13.6. The fourth-order valence-electron chi connectivity index (χ4n) is 2.54. The fraction of sp³-hybridized carbons (Fsp3) is 0.500. The molecule has 0 spiro atoms. The van der Waals surface area contributed by atoms with Crippen LogP contribution in [0.1, 0.15) is 31.7 Å². The Hall–Kier alpha value is -1.91. The van der Waals surface area contributed by atoms with E-state index in [9.17, 15) is 14.0 Å². The van der Waals surface area contributed by atoms with Gasteiger partial charge in [-0.25, -0.2) is 4.39 Å². The Morgan fingerprint density at radius 1 is 1.24 bits per heavy atom. The Morgan fingerprint density at radius 2 is 1.90 bits per heavy atom. The van der Waals surface area contributed by atoms with E-state index < -0.39 is 0 Å². The molecule has 0 aromatic heterocycles. The van der Waals surface area contributed by atoms with Gasteiger partial charge in [0.15, 0.2) is 0 Å². The molecule has 1 aliphatic rings. The normalized spacial score (nSPS) is 14.3. The zero-order valence-electron chi connectivity index (χ0n) is 12.3. The number of carbonyl (C=O) groups excluding carboxylic acids is 2. The Bertz CT molecular complexity index is 513. The molecule has 0 N–H and O–H groups in total. The molecule has 0 bridgehead atoms. The van der Waals surface area contributed by atoms with Crippen LogP contribution >= 0.6 is 0 Å². The SMILES string of the molecule is CC(=O)N(CCC(=O)N1CCCC1)Cc1ccccc1F. The average molecular weight is 292 g/mol. The molecule has 1 aromatic rings. The van der Waals surface area contributed by atoms with Gasteiger partial charge in [0.25, 0.3) is 0 Å². The van der Waals surface area contributed by atoms with Crippen molar-refractivity contribution in [2.45, 2.75) is 32.7 Å². The molecule has 0 atom stereocenters. The molecule has 5 heteroatoms. The van der Waals surface area contributed by atoms with Gasteiger partial charge in [-0.15, -0.1) is 0 Å². The molecule has 1 aromatic carbocycles. The molecule has 0 unspecified atom stereocenters. The first kappa shape index (κ1) is 15.5. The third kappa shape index (κ3) is 4.28. The minimum Gasteiger partial charge on any atom is -0.343 e. The quantitative estimate of drug-likeness (QED) is 0.834.